The number of benzene rings is 3. The van der Waals surface area contributed by atoms with Gasteiger partial charge in [-0.25, -0.2) is 0 Å². The van der Waals surface area contributed by atoms with Crippen LogP contribution in [0.3, 0.4) is 0 Å². The Morgan fingerprint density at radius 1 is 0.792 bits per heavy atom. The second kappa shape index (κ2) is 6.84. The van der Waals surface area contributed by atoms with Gasteiger partial charge in [-0.3, -0.25) is 0 Å². The van der Waals surface area contributed by atoms with E-state index in [0.29, 0.717) is 0 Å². The fourth-order valence-corrected chi connectivity index (χ4v) is 3.53. The van der Waals surface area contributed by atoms with Gasteiger partial charge in [0.15, 0.2) is 5.82 Å². The molecule has 0 aliphatic rings. The molecule has 5 heteroatoms. The molecule has 24 heavy (non-hydrogen) atoms. The zero-order chi connectivity index (χ0) is 16.2. The summed E-state index contributed by atoms with van der Waals surface area (Å²) in [4.78, 5) is 0. The van der Waals surface area contributed by atoms with Crippen molar-refractivity contribution in [2.75, 3.05) is 0 Å². The van der Waals surface area contributed by atoms with E-state index in [0.717, 1.165) is 23.0 Å². The summed E-state index contributed by atoms with van der Waals surface area (Å²) in [7, 11) is 0. The second-order valence-electron chi connectivity index (χ2n) is 5.52. The molecular weight excluding hydrogens is 316 g/mol. The van der Waals surface area contributed by atoms with Gasteiger partial charge in [0.2, 0.25) is 0 Å². The van der Waals surface area contributed by atoms with Crippen molar-refractivity contribution in [2.24, 2.45) is 0 Å². The fraction of sp³-hybridized carbons (Fsp3) is 0.105. The first-order valence-corrected chi connectivity index (χ1v) is 8.94. The van der Waals surface area contributed by atoms with E-state index in [-0.39, 0.29) is 0 Å². The third-order valence-corrected chi connectivity index (χ3v) is 4.85. The molecule has 1 heterocycles. The van der Waals surface area contributed by atoms with Crippen molar-refractivity contribution in [3.05, 3.63) is 84.2 Å². The van der Waals surface area contributed by atoms with Crippen LogP contribution in [0, 0.1) is 0 Å². The lowest BCUT2D eigenvalue weighted by Crippen LogP contribution is -2.01. The highest BCUT2D eigenvalue weighted by molar-refractivity contribution is 7.97. The molecule has 0 aliphatic carbocycles. The molecular formula is C19H16N4S. The topological polar surface area (TPSA) is 43.6 Å². The second-order valence-corrected chi connectivity index (χ2v) is 6.50. The number of hydrogen-bond donors (Lipinski definition) is 0. The highest BCUT2D eigenvalue weighted by atomic mass is 32.2. The molecule has 1 aromatic heterocycles. The molecule has 118 valence electrons. The molecule has 0 atom stereocenters. The molecule has 0 unspecified atom stereocenters. The van der Waals surface area contributed by atoms with Gasteiger partial charge in [-0.2, -0.15) is 4.68 Å². The number of rotatable bonds is 5. The molecule has 3 aromatic carbocycles. The Kier molecular flexibility index (Phi) is 4.25. The monoisotopic (exact) mass is 332 g/mol. The number of tetrazole rings is 1. The van der Waals surface area contributed by atoms with E-state index in [4.69, 9.17) is 0 Å². The summed E-state index contributed by atoms with van der Waals surface area (Å²) in [6.07, 6.45) is 0. The highest BCUT2D eigenvalue weighted by Crippen LogP contribution is 2.21. The molecule has 0 N–H and O–H groups in total. The Morgan fingerprint density at radius 3 is 2.46 bits per heavy atom. The summed E-state index contributed by atoms with van der Waals surface area (Å²) in [5.41, 5.74) is 2.31. The first-order chi connectivity index (χ1) is 11.9. The van der Waals surface area contributed by atoms with Gasteiger partial charge < -0.3 is 0 Å². The zero-order valence-electron chi connectivity index (χ0n) is 13.0. The van der Waals surface area contributed by atoms with Crippen molar-refractivity contribution in [3.8, 4) is 5.69 Å². The summed E-state index contributed by atoms with van der Waals surface area (Å²) in [6, 6.07) is 25.0. The van der Waals surface area contributed by atoms with Crippen molar-refractivity contribution in [1.82, 2.24) is 20.2 Å². The minimum atomic E-state index is 0.773. The molecule has 0 spiro atoms. The Bertz CT molecular complexity index is 950. The van der Waals surface area contributed by atoms with E-state index >= 15 is 0 Å². The summed E-state index contributed by atoms with van der Waals surface area (Å²) < 4.78 is 1.80. The predicted octanol–water partition coefficient (Wildman–Crippen LogP) is 4.25. The molecule has 0 fully saturated rings. The Labute approximate surface area is 144 Å². The van der Waals surface area contributed by atoms with Crippen molar-refractivity contribution in [1.29, 1.82) is 0 Å². The van der Waals surface area contributed by atoms with Crippen LogP contribution in [0.25, 0.3) is 16.5 Å². The summed E-state index contributed by atoms with van der Waals surface area (Å²) in [5, 5.41) is 14.6. The highest BCUT2D eigenvalue weighted by Gasteiger charge is 2.08. The van der Waals surface area contributed by atoms with Gasteiger partial charge in [-0.15, -0.1) is 16.9 Å². The minimum absolute atomic E-state index is 0.773. The molecule has 0 aliphatic heterocycles. The normalized spacial score (nSPS) is 11.0. The number of nitrogens with zero attached hydrogens (tertiary/aromatic N) is 4. The molecule has 0 radical (unpaired) electrons. The number of aromatic nitrogens is 4. The lowest BCUT2D eigenvalue weighted by Gasteiger charge is -2.05. The number of thioether (sulfide) groups is 1. The third-order valence-electron chi connectivity index (χ3n) is 3.85. The third kappa shape index (κ3) is 3.16. The summed E-state index contributed by atoms with van der Waals surface area (Å²) in [6.45, 7) is 0. The lowest BCUT2D eigenvalue weighted by molar-refractivity contribution is 0.777. The van der Waals surface area contributed by atoms with E-state index in [1.807, 2.05) is 42.1 Å². The molecule has 0 bridgehead atoms. The van der Waals surface area contributed by atoms with Crippen LogP contribution in [0.5, 0.6) is 0 Å². The average molecular weight is 332 g/mol. The van der Waals surface area contributed by atoms with E-state index in [1.54, 1.807) is 4.68 Å². The van der Waals surface area contributed by atoms with Gasteiger partial charge in [0.1, 0.15) is 0 Å². The van der Waals surface area contributed by atoms with E-state index in [2.05, 4.69) is 58.0 Å². The smallest absolute Gasteiger partial charge is 0.166 e. The lowest BCUT2D eigenvalue weighted by atomic mass is 10.1. The number of para-hydroxylation sites is 1. The van der Waals surface area contributed by atoms with E-state index in [9.17, 15) is 0 Å². The minimum Gasteiger partial charge on any atom is -0.196 e. The molecule has 0 saturated carbocycles. The van der Waals surface area contributed by atoms with E-state index < -0.39 is 0 Å². The predicted molar refractivity (Wildman–Crippen MR) is 98.1 cm³/mol. The largest absolute Gasteiger partial charge is 0.196 e. The van der Waals surface area contributed by atoms with Gasteiger partial charge in [0, 0.05) is 5.75 Å². The van der Waals surface area contributed by atoms with Crippen molar-refractivity contribution < 1.29 is 0 Å². The van der Waals surface area contributed by atoms with Crippen LogP contribution in [0.4, 0.5) is 0 Å². The molecule has 4 aromatic rings. The van der Waals surface area contributed by atoms with Crippen LogP contribution in [-0.2, 0) is 11.5 Å². The van der Waals surface area contributed by atoms with Crippen LogP contribution < -0.4 is 0 Å². The van der Waals surface area contributed by atoms with Crippen LogP contribution in [0.2, 0.25) is 0 Å². The maximum absolute atomic E-state index is 4.15. The first-order valence-electron chi connectivity index (χ1n) is 7.78. The van der Waals surface area contributed by atoms with Gasteiger partial charge in [0.05, 0.1) is 11.4 Å². The van der Waals surface area contributed by atoms with E-state index in [1.165, 1.54) is 16.3 Å². The SMILES string of the molecule is c1ccc(-n2nnnc2CSCc2ccc3ccccc3c2)cc1. The summed E-state index contributed by atoms with van der Waals surface area (Å²) in [5.74, 6) is 2.58. The van der Waals surface area contributed by atoms with Crippen molar-refractivity contribution in [3.63, 3.8) is 0 Å². The van der Waals surface area contributed by atoms with Crippen LogP contribution in [0.15, 0.2) is 72.8 Å². The van der Waals surface area contributed by atoms with Gasteiger partial charge >= 0.3 is 0 Å². The molecule has 0 saturated heterocycles. The Balaban J connectivity index is 1.45. The van der Waals surface area contributed by atoms with Crippen LogP contribution in [-0.4, -0.2) is 20.2 Å². The molecule has 4 rings (SSSR count). The van der Waals surface area contributed by atoms with Crippen molar-refractivity contribution in [2.45, 2.75) is 11.5 Å². The summed E-state index contributed by atoms with van der Waals surface area (Å²) >= 11 is 1.82. The van der Waals surface area contributed by atoms with Gasteiger partial charge in [-0.05, 0) is 38.9 Å². The Morgan fingerprint density at radius 2 is 1.58 bits per heavy atom. The number of hydrogen-bond acceptors (Lipinski definition) is 4. The quantitative estimate of drug-likeness (QED) is 0.548. The van der Waals surface area contributed by atoms with Gasteiger partial charge in [-0.1, -0.05) is 60.7 Å². The maximum atomic E-state index is 4.15. The maximum Gasteiger partial charge on any atom is 0.166 e. The average Bonchev–Trinajstić information content (AvgIpc) is 3.11. The van der Waals surface area contributed by atoms with Crippen molar-refractivity contribution >= 4 is 22.5 Å². The molecule has 4 nitrogen and oxygen atoms in total. The number of fused-ring (bicyclic) bond motifs is 1. The Hall–Kier alpha value is -2.66. The molecule has 0 amide bonds. The zero-order valence-corrected chi connectivity index (χ0v) is 13.9. The van der Waals surface area contributed by atoms with Gasteiger partial charge in [0.25, 0.3) is 0 Å². The standard InChI is InChI=1S/C19H16N4S/c1-2-8-18(9-3-1)23-19(20-21-22-23)14-24-13-15-10-11-16-6-4-5-7-17(16)12-15/h1-12H,13-14H2. The van der Waals surface area contributed by atoms with Crippen LogP contribution in [0.1, 0.15) is 11.4 Å². The first kappa shape index (κ1) is 14.9. The van der Waals surface area contributed by atoms with Crippen LogP contribution >= 0.6 is 11.8 Å². The fourth-order valence-electron chi connectivity index (χ4n) is 2.65.